The van der Waals surface area contributed by atoms with Crippen molar-refractivity contribution < 1.29 is 13.2 Å². The smallest absolute Gasteiger partial charge is 0.227 e. The quantitative estimate of drug-likeness (QED) is 0.668. The average molecular weight is 440 g/mol. The SMILES string of the molecule is CS(=O)(=O)c1ccc(CC(=O)N2CCN(c3ncnc4[nH]ccc34)CC3(CC3)C2)cc1. The maximum atomic E-state index is 13.1. The largest absolute Gasteiger partial charge is 0.354 e. The summed E-state index contributed by atoms with van der Waals surface area (Å²) in [4.78, 5) is 29.6. The van der Waals surface area contributed by atoms with E-state index in [1.807, 2.05) is 17.2 Å². The van der Waals surface area contributed by atoms with Gasteiger partial charge in [0.05, 0.1) is 16.7 Å². The summed E-state index contributed by atoms with van der Waals surface area (Å²) in [7, 11) is -3.24. The zero-order valence-corrected chi connectivity index (χ0v) is 18.2. The summed E-state index contributed by atoms with van der Waals surface area (Å²) in [6.45, 7) is 3.00. The molecule has 2 fully saturated rings. The number of aromatic amines is 1. The topological polar surface area (TPSA) is 99.3 Å². The predicted octanol–water partition coefficient (Wildman–Crippen LogP) is 2.03. The number of fused-ring (bicyclic) bond motifs is 1. The fraction of sp³-hybridized carbons (Fsp3) is 0.409. The van der Waals surface area contributed by atoms with E-state index in [-0.39, 0.29) is 22.6 Å². The summed E-state index contributed by atoms with van der Waals surface area (Å²) < 4.78 is 23.3. The lowest BCUT2D eigenvalue weighted by molar-refractivity contribution is -0.130. The Hall–Kier alpha value is -2.94. The Kier molecular flexibility index (Phi) is 4.73. The summed E-state index contributed by atoms with van der Waals surface area (Å²) in [5.41, 5.74) is 1.78. The van der Waals surface area contributed by atoms with Gasteiger partial charge in [0, 0.05) is 44.0 Å². The lowest BCUT2D eigenvalue weighted by Gasteiger charge is -2.25. The van der Waals surface area contributed by atoms with E-state index in [0.29, 0.717) is 6.54 Å². The van der Waals surface area contributed by atoms with Gasteiger partial charge < -0.3 is 14.8 Å². The molecule has 1 aromatic carbocycles. The van der Waals surface area contributed by atoms with Crippen molar-refractivity contribution >= 4 is 32.6 Å². The van der Waals surface area contributed by atoms with Gasteiger partial charge in [0.15, 0.2) is 9.84 Å². The molecule has 3 aromatic rings. The lowest BCUT2D eigenvalue weighted by atomic mass is 10.1. The van der Waals surface area contributed by atoms with Gasteiger partial charge in [0.25, 0.3) is 0 Å². The van der Waals surface area contributed by atoms with Crippen LogP contribution in [0.1, 0.15) is 18.4 Å². The van der Waals surface area contributed by atoms with Crippen molar-refractivity contribution in [1.29, 1.82) is 0 Å². The maximum absolute atomic E-state index is 13.1. The van der Waals surface area contributed by atoms with Gasteiger partial charge in [-0.25, -0.2) is 18.4 Å². The second-order valence-electron chi connectivity index (χ2n) is 8.77. The molecule has 1 aliphatic heterocycles. The van der Waals surface area contributed by atoms with Gasteiger partial charge in [0.1, 0.15) is 17.8 Å². The van der Waals surface area contributed by atoms with E-state index in [2.05, 4.69) is 19.9 Å². The molecule has 1 amide bonds. The average Bonchev–Trinajstić information content (AvgIpc) is 3.38. The molecule has 1 saturated carbocycles. The summed E-state index contributed by atoms with van der Waals surface area (Å²) >= 11 is 0. The minimum absolute atomic E-state index is 0.0784. The van der Waals surface area contributed by atoms with Crippen LogP contribution >= 0.6 is 0 Å². The molecule has 2 aromatic heterocycles. The number of carbonyl (C=O) groups is 1. The minimum atomic E-state index is -3.24. The number of benzene rings is 1. The number of carbonyl (C=O) groups excluding carboxylic acids is 1. The molecule has 162 valence electrons. The van der Waals surface area contributed by atoms with Gasteiger partial charge in [-0.05, 0) is 36.6 Å². The molecule has 0 bridgehead atoms. The van der Waals surface area contributed by atoms with Crippen molar-refractivity contribution in [2.24, 2.45) is 5.41 Å². The molecular weight excluding hydrogens is 414 g/mol. The van der Waals surface area contributed by atoms with Crippen molar-refractivity contribution in [3.05, 3.63) is 48.4 Å². The van der Waals surface area contributed by atoms with E-state index < -0.39 is 9.84 Å². The summed E-state index contributed by atoms with van der Waals surface area (Å²) in [6.07, 6.45) is 7.13. The molecule has 0 atom stereocenters. The Labute approximate surface area is 181 Å². The Bertz CT molecular complexity index is 1230. The number of nitrogens with zero attached hydrogens (tertiary/aromatic N) is 4. The third-order valence-corrected chi connectivity index (χ3v) is 7.47. The number of amides is 1. The highest BCUT2D eigenvalue weighted by Gasteiger charge is 2.47. The highest BCUT2D eigenvalue weighted by atomic mass is 32.2. The molecular formula is C22H25N5O3S. The van der Waals surface area contributed by atoms with Crippen molar-refractivity contribution in [2.45, 2.75) is 24.2 Å². The fourth-order valence-corrected chi connectivity index (χ4v) is 5.03. The molecule has 0 unspecified atom stereocenters. The van der Waals surface area contributed by atoms with Crippen LogP contribution < -0.4 is 4.90 Å². The Morgan fingerprint density at radius 2 is 1.87 bits per heavy atom. The van der Waals surface area contributed by atoms with E-state index in [0.717, 1.165) is 54.9 Å². The number of anilines is 1. The van der Waals surface area contributed by atoms with E-state index in [9.17, 15) is 13.2 Å². The highest BCUT2D eigenvalue weighted by Crippen LogP contribution is 2.48. The van der Waals surface area contributed by atoms with Crippen LogP contribution in [0.25, 0.3) is 11.0 Å². The molecule has 8 nitrogen and oxygen atoms in total. The third kappa shape index (κ3) is 4.01. The van der Waals surface area contributed by atoms with Gasteiger partial charge in [-0.2, -0.15) is 0 Å². The number of nitrogens with one attached hydrogen (secondary N) is 1. The second kappa shape index (κ2) is 7.33. The van der Waals surface area contributed by atoms with Crippen LogP contribution in [0.4, 0.5) is 5.82 Å². The number of hydrogen-bond donors (Lipinski definition) is 1. The highest BCUT2D eigenvalue weighted by molar-refractivity contribution is 7.90. The molecule has 1 saturated heterocycles. The predicted molar refractivity (Wildman–Crippen MR) is 118 cm³/mol. The number of aromatic nitrogens is 3. The number of sulfone groups is 1. The van der Waals surface area contributed by atoms with Crippen molar-refractivity contribution in [2.75, 3.05) is 37.3 Å². The van der Waals surface area contributed by atoms with Crippen LogP contribution in [0.3, 0.4) is 0 Å². The molecule has 1 aliphatic carbocycles. The Balaban J connectivity index is 1.32. The van der Waals surface area contributed by atoms with E-state index in [1.165, 1.54) is 6.26 Å². The van der Waals surface area contributed by atoms with Crippen LogP contribution in [0.5, 0.6) is 0 Å². The van der Waals surface area contributed by atoms with Crippen molar-refractivity contribution in [1.82, 2.24) is 19.9 Å². The van der Waals surface area contributed by atoms with Gasteiger partial charge in [-0.15, -0.1) is 0 Å². The molecule has 0 radical (unpaired) electrons. The van der Waals surface area contributed by atoms with Gasteiger partial charge in [-0.3, -0.25) is 4.79 Å². The first kappa shape index (κ1) is 20.0. The number of H-pyrrole nitrogens is 1. The Morgan fingerprint density at radius 3 is 2.58 bits per heavy atom. The van der Waals surface area contributed by atoms with E-state index >= 15 is 0 Å². The van der Waals surface area contributed by atoms with Gasteiger partial charge in [0.2, 0.25) is 5.91 Å². The molecule has 31 heavy (non-hydrogen) atoms. The molecule has 9 heteroatoms. The zero-order valence-electron chi connectivity index (χ0n) is 17.4. The number of rotatable bonds is 4. The van der Waals surface area contributed by atoms with E-state index in [4.69, 9.17) is 0 Å². The summed E-state index contributed by atoms with van der Waals surface area (Å²) in [5, 5.41) is 1.00. The molecule has 1 N–H and O–H groups in total. The lowest BCUT2D eigenvalue weighted by Crippen LogP contribution is -2.37. The first-order chi connectivity index (χ1) is 14.8. The van der Waals surface area contributed by atoms with Crippen molar-refractivity contribution in [3.63, 3.8) is 0 Å². The maximum Gasteiger partial charge on any atom is 0.227 e. The first-order valence-electron chi connectivity index (χ1n) is 10.4. The summed E-state index contributed by atoms with van der Waals surface area (Å²) in [6, 6.07) is 8.60. The first-order valence-corrected chi connectivity index (χ1v) is 12.3. The van der Waals surface area contributed by atoms with Gasteiger partial charge in [-0.1, -0.05) is 12.1 Å². The van der Waals surface area contributed by atoms with Crippen molar-refractivity contribution in [3.8, 4) is 0 Å². The zero-order chi connectivity index (χ0) is 21.6. The molecule has 3 heterocycles. The molecule has 5 rings (SSSR count). The van der Waals surface area contributed by atoms with Crippen LogP contribution in [0.2, 0.25) is 0 Å². The Morgan fingerprint density at radius 1 is 1.10 bits per heavy atom. The number of hydrogen-bond acceptors (Lipinski definition) is 6. The molecule has 1 spiro atoms. The normalized spacial score (nSPS) is 18.4. The van der Waals surface area contributed by atoms with Crippen LogP contribution in [0.15, 0.2) is 47.8 Å². The third-order valence-electron chi connectivity index (χ3n) is 6.34. The van der Waals surface area contributed by atoms with E-state index in [1.54, 1.807) is 30.6 Å². The molecule has 2 aliphatic rings. The fourth-order valence-electron chi connectivity index (χ4n) is 4.40. The summed E-state index contributed by atoms with van der Waals surface area (Å²) in [5.74, 6) is 0.998. The monoisotopic (exact) mass is 439 g/mol. The van der Waals surface area contributed by atoms with Crippen LogP contribution in [-0.4, -0.2) is 66.6 Å². The standard InChI is InChI=1S/C22H25N5O3S/c1-31(29,30)17-4-2-16(3-5-17)12-19(28)26-10-11-27(14-22(13-26)7-8-22)21-18-6-9-23-20(18)24-15-25-21/h2-6,9,15H,7-8,10-14H2,1H3,(H,23,24,25). The van der Waals surface area contributed by atoms with Crippen LogP contribution in [-0.2, 0) is 21.1 Å². The van der Waals surface area contributed by atoms with Crippen LogP contribution in [0, 0.1) is 5.41 Å². The minimum Gasteiger partial charge on any atom is -0.354 e. The second-order valence-corrected chi connectivity index (χ2v) is 10.8. The van der Waals surface area contributed by atoms with Gasteiger partial charge >= 0.3 is 0 Å².